The van der Waals surface area contributed by atoms with Gasteiger partial charge < -0.3 is 15.8 Å². The Labute approximate surface area is 229 Å². The molecule has 0 spiro atoms. The van der Waals surface area contributed by atoms with Crippen LogP contribution in [0.3, 0.4) is 0 Å². The van der Waals surface area contributed by atoms with E-state index in [1.165, 1.54) is 17.4 Å². The predicted octanol–water partition coefficient (Wildman–Crippen LogP) is 4.28. The maximum absolute atomic E-state index is 12.5. The summed E-state index contributed by atoms with van der Waals surface area (Å²) in [4.78, 5) is 18.6. The number of halogens is 3. The van der Waals surface area contributed by atoms with Crippen molar-refractivity contribution in [2.24, 2.45) is 16.6 Å². The van der Waals surface area contributed by atoms with Gasteiger partial charge in [0, 0.05) is 68.9 Å². The zero-order valence-corrected chi connectivity index (χ0v) is 21.8. The number of likely N-dealkylation sites (tertiary alicyclic amines) is 1. The zero-order valence-electron chi connectivity index (χ0n) is 21.8. The van der Waals surface area contributed by atoms with Gasteiger partial charge in [-0.05, 0) is 17.2 Å². The van der Waals surface area contributed by atoms with E-state index < -0.39 is 12.7 Å². The van der Waals surface area contributed by atoms with Gasteiger partial charge in [-0.1, -0.05) is 24.3 Å². The fourth-order valence-corrected chi connectivity index (χ4v) is 4.57. The number of benzene rings is 1. The first-order valence-corrected chi connectivity index (χ1v) is 12.7. The maximum atomic E-state index is 12.5. The Morgan fingerprint density at radius 3 is 2.67 bits per heavy atom. The lowest BCUT2D eigenvalue weighted by molar-refractivity contribution is -0.159. The molecule has 0 atom stereocenters. The van der Waals surface area contributed by atoms with Crippen molar-refractivity contribution in [1.29, 1.82) is 0 Å². The van der Waals surface area contributed by atoms with Gasteiger partial charge in [0.1, 0.15) is 23.5 Å². The summed E-state index contributed by atoms with van der Waals surface area (Å²) >= 11 is 0. The van der Waals surface area contributed by atoms with E-state index in [9.17, 15) is 13.2 Å². The Balaban J connectivity index is 1.19. The van der Waals surface area contributed by atoms with Crippen LogP contribution in [-0.4, -0.2) is 69.9 Å². The van der Waals surface area contributed by atoms with Crippen molar-refractivity contribution in [3.05, 3.63) is 78.5 Å². The van der Waals surface area contributed by atoms with Gasteiger partial charge in [-0.15, -0.1) is 0 Å². The van der Waals surface area contributed by atoms with Crippen molar-refractivity contribution in [3.63, 3.8) is 0 Å². The quantitative estimate of drug-likeness (QED) is 0.284. The summed E-state index contributed by atoms with van der Waals surface area (Å²) in [5, 5.41) is 3.33. The van der Waals surface area contributed by atoms with Gasteiger partial charge in [0.15, 0.2) is 0 Å². The van der Waals surface area contributed by atoms with Crippen LogP contribution >= 0.6 is 0 Å². The third-order valence-corrected chi connectivity index (χ3v) is 6.54. The van der Waals surface area contributed by atoms with Gasteiger partial charge in [0.25, 0.3) is 0 Å². The van der Waals surface area contributed by atoms with Crippen LogP contribution in [0, 0.1) is 5.92 Å². The average Bonchev–Trinajstić information content (AvgIpc) is 3.35. The zero-order chi connectivity index (χ0) is 28.1. The van der Waals surface area contributed by atoms with E-state index in [1.807, 2.05) is 47.0 Å². The molecule has 1 aliphatic rings. The first kappa shape index (κ1) is 27.1. The molecule has 1 aromatic carbocycles. The topological polar surface area (TPSA) is 106 Å². The van der Waals surface area contributed by atoms with Crippen molar-refractivity contribution < 1.29 is 17.9 Å². The van der Waals surface area contributed by atoms with E-state index in [0.29, 0.717) is 49.1 Å². The number of anilines is 1. The molecule has 0 aliphatic carbocycles. The minimum Gasteiger partial charge on any atom is -0.493 e. The highest BCUT2D eigenvalue weighted by Gasteiger charge is 2.37. The molecular formula is C28H29F3N8O. The number of rotatable bonds is 10. The lowest BCUT2D eigenvalue weighted by Crippen LogP contribution is -2.52. The van der Waals surface area contributed by atoms with Gasteiger partial charge in [0.05, 0.1) is 30.7 Å². The van der Waals surface area contributed by atoms with E-state index in [1.54, 1.807) is 25.5 Å². The molecular weight excluding hydrogens is 521 g/mol. The second kappa shape index (κ2) is 11.7. The van der Waals surface area contributed by atoms with Crippen LogP contribution in [0.2, 0.25) is 0 Å². The first-order chi connectivity index (χ1) is 19.3. The summed E-state index contributed by atoms with van der Waals surface area (Å²) in [6, 6.07) is 13.5. The number of hydrogen-bond donors (Lipinski definition) is 2. The molecule has 0 bridgehead atoms. The molecule has 40 heavy (non-hydrogen) atoms. The molecule has 1 aliphatic heterocycles. The molecule has 9 nitrogen and oxygen atoms in total. The molecule has 12 heteroatoms. The molecule has 3 aromatic heterocycles. The van der Waals surface area contributed by atoms with E-state index in [4.69, 9.17) is 10.5 Å². The van der Waals surface area contributed by atoms with Gasteiger partial charge >= 0.3 is 6.18 Å². The summed E-state index contributed by atoms with van der Waals surface area (Å²) in [6.07, 6.45) is 4.15. The number of nitrogens with two attached hydrogens (primary N) is 1. The summed E-state index contributed by atoms with van der Waals surface area (Å²) in [7, 11) is 1.70. The number of allylic oxidation sites excluding steroid dienone is 1. The van der Waals surface area contributed by atoms with Gasteiger partial charge in [0.2, 0.25) is 0 Å². The van der Waals surface area contributed by atoms with Crippen molar-refractivity contribution >= 4 is 23.3 Å². The SMILES string of the molecule is CN=CC(=CN)c1ccc(CNc2cc(-c3cnc4cc(OCC5CN(CC(F)(F)F)C5)ccn34)ncn2)cc1. The van der Waals surface area contributed by atoms with Crippen molar-refractivity contribution in [3.8, 4) is 17.1 Å². The highest BCUT2D eigenvalue weighted by Crippen LogP contribution is 2.26. The smallest absolute Gasteiger partial charge is 0.401 e. The van der Waals surface area contributed by atoms with Crippen LogP contribution in [0.4, 0.5) is 19.0 Å². The number of nitrogens with zero attached hydrogens (tertiary/aromatic N) is 6. The monoisotopic (exact) mass is 550 g/mol. The molecule has 1 fully saturated rings. The Hall–Kier alpha value is -4.45. The predicted molar refractivity (Wildman–Crippen MR) is 148 cm³/mol. The Morgan fingerprint density at radius 1 is 1.15 bits per heavy atom. The van der Waals surface area contributed by atoms with Crippen molar-refractivity contribution in [2.75, 3.05) is 38.6 Å². The fraction of sp³-hybridized carbons (Fsp3) is 0.286. The normalized spacial score (nSPS) is 15.1. The van der Waals surface area contributed by atoms with E-state index in [2.05, 4.69) is 25.3 Å². The number of aliphatic imine (C=N–C) groups is 1. The van der Waals surface area contributed by atoms with Crippen LogP contribution in [0.25, 0.3) is 22.6 Å². The standard InChI is InChI=1S/C28H29F3N8O/c1-33-12-22(10-32)21-4-2-19(3-5-21)11-34-26-9-24(36-18-37-26)25-13-35-27-8-23(6-7-39(25)27)40-16-20-14-38(15-20)17-28(29,30)31/h2-10,12-13,18,20H,11,14-17,32H2,1H3,(H,34,36,37). The van der Waals surface area contributed by atoms with E-state index in [-0.39, 0.29) is 5.92 Å². The van der Waals surface area contributed by atoms with Gasteiger partial charge in [-0.25, -0.2) is 15.0 Å². The second-order valence-electron chi connectivity index (χ2n) is 9.57. The van der Waals surface area contributed by atoms with E-state index in [0.717, 1.165) is 22.4 Å². The number of fused-ring (bicyclic) bond motifs is 1. The molecule has 0 saturated carbocycles. The first-order valence-electron chi connectivity index (χ1n) is 12.7. The second-order valence-corrected chi connectivity index (χ2v) is 9.57. The van der Waals surface area contributed by atoms with Crippen LogP contribution < -0.4 is 15.8 Å². The summed E-state index contributed by atoms with van der Waals surface area (Å²) in [5.41, 5.74) is 10.8. The average molecular weight is 551 g/mol. The van der Waals surface area contributed by atoms with Crippen molar-refractivity contribution in [2.45, 2.75) is 12.7 Å². The van der Waals surface area contributed by atoms with Crippen LogP contribution in [0.15, 0.2) is 72.4 Å². The molecule has 0 radical (unpaired) electrons. The number of hydrogen-bond acceptors (Lipinski definition) is 8. The lowest BCUT2D eigenvalue weighted by Gasteiger charge is -2.39. The fourth-order valence-electron chi connectivity index (χ4n) is 4.57. The summed E-state index contributed by atoms with van der Waals surface area (Å²) in [5.74, 6) is 1.37. The highest BCUT2D eigenvalue weighted by molar-refractivity contribution is 6.09. The summed E-state index contributed by atoms with van der Waals surface area (Å²) < 4.78 is 45.1. The maximum Gasteiger partial charge on any atom is 0.401 e. The molecule has 0 unspecified atom stereocenters. The highest BCUT2D eigenvalue weighted by atomic mass is 19.4. The summed E-state index contributed by atoms with van der Waals surface area (Å²) in [6.45, 7) is 0.822. The Morgan fingerprint density at radius 2 is 1.95 bits per heavy atom. The number of ether oxygens (including phenoxy) is 1. The Kier molecular flexibility index (Phi) is 7.96. The molecule has 5 rings (SSSR count). The number of aromatic nitrogens is 4. The van der Waals surface area contributed by atoms with Crippen molar-refractivity contribution in [1.82, 2.24) is 24.3 Å². The number of alkyl halides is 3. The minimum atomic E-state index is -4.17. The van der Waals surface area contributed by atoms with Gasteiger partial charge in [-0.2, -0.15) is 13.2 Å². The van der Waals surface area contributed by atoms with E-state index >= 15 is 0 Å². The van der Waals surface area contributed by atoms with Crippen LogP contribution in [-0.2, 0) is 6.54 Å². The number of pyridine rings is 1. The molecule has 0 amide bonds. The Bertz CT molecular complexity index is 1510. The van der Waals surface area contributed by atoms with Gasteiger partial charge in [-0.3, -0.25) is 14.3 Å². The molecule has 4 heterocycles. The number of imidazole rings is 1. The molecule has 3 N–H and O–H groups in total. The third kappa shape index (κ3) is 6.57. The minimum absolute atomic E-state index is 0.0783. The van der Waals surface area contributed by atoms with Crippen LogP contribution in [0.1, 0.15) is 11.1 Å². The lowest BCUT2D eigenvalue weighted by atomic mass is 10.0. The molecule has 4 aromatic rings. The molecule has 208 valence electrons. The largest absolute Gasteiger partial charge is 0.493 e. The number of nitrogens with one attached hydrogen (secondary N) is 1. The molecule has 1 saturated heterocycles. The van der Waals surface area contributed by atoms with Crippen LogP contribution in [0.5, 0.6) is 5.75 Å². The third-order valence-electron chi connectivity index (χ3n) is 6.54.